The summed E-state index contributed by atoms with van der Waals surface area (Å²) in [4.78, 5) is 18.8. The normalized spacial score (nSPS) is 16.9. The second-order valence-electron chi connectivity index (χ2n) is 7.34. The lowest BCUT2D eigenvalue weighted by atomic mass is 9.92. The summed E-state index contributed by atoms with van der Waals surface area (Å²) in [6.07, 6.45) is 1.31. The number of carbonyl (C=O) groups is 1. The van der Waals surface area contributed by atoms with Gasteiger partial charge in [-0.25, -0.2) is 4.98 Å². The Morgan fingerprint density at radius 2 is 2.19 bits per heavy atom. The van der Waals surface area contributed by atoms with Crippen molar-refractivity contribution in [1.82, 2.24) is 9.88 Å². The van der Waals surface area contributed by atoms with Gasteiger partial charge in [-0.3, -0.25) is 4.79 Å². The molecular weight excluding hydrogens is 431 g/mol. The van der Waals surface area contributed by atoms with E-state index in [4.69, 9.17) is 11.2 Å². The van der Waals surface area contributed by atoms with Gasteiger partial charge in [0.05, 0.1) is 18.3 Å². The number of rotatable bonds is 6. The average Bonchev–Trinajstić information content (AvgIpc) is 3.38. The van der Waals surface area contributed by atoms with E-state index in [1.165, 1.54) is 24.0 Å². The lowest BCUT2D eigenvalue weighted by molar-refractivity contribution is -0.274. The molecule has 1 aromatic carbocycles. The SMILES string of the molecule is C#Cc1c(OC(F)(F)F)cc(NC(=O)c2cscn2)c([C@H]2CCN(C(C)C)C2)c1OC. The van der Waals surface area contributed by atoms with Gasteiger partial charge >= 0.3 is 6.36 Å². The Hall–Kier alpha value is -2.77. The molecule has 0 aliphatic carbocycles. The molecule has 0 saturated carbocycles. The van der Waals surface area contributed by atoms with Gasteiger partial charge in [0.2, 0.25) is 0 Å². The number of halogens is 3. The van der Waals surface area contributed by atoms with Crippen LogP contribution in [0.2, 0.25) is 0 Å². The van der Waals surface area contributed by atoms with E-state index in [0.717, 1.165) is 19.0 Å². The van der Waals surface area contributed by atoms with Gasteiger partial charge in [0, 0.05) is 35.5 Å². The molecular formula is C21H22F3N3O3S. The maximum absolute atomic E-state index is 13.0. The Morgan fingerprint density at radius 3 is 2.71 bits per heavy atom. The molecule has 10 heteroatoms. The van der Waals surface area contributed by atoms with Crippen LogP contribution in [-0.4, -0.2) is 48.4 Å². The molecule has 2 heterocycles. The number of nitrogens with one attached hydrogen (secondary N) is 1. The number of hydrogen-bond acceptors (Lipinski definition) is 6. The fraction of sp³-hybridized carbons (Fsp3) is 0.429. The number of nitrogens with zero attached hydrogens (tertiary/aromatic N) is 2. The largest absolute Gasteiger partial charge is 0.573 e. The van der Waals surface area contributed by atoms with Crippen LogP contribution in [-0.2, 0) is 0 Å². The number of carbonyl (C=O) groups excluding carboxylic acids is 1. The molecule has 0 spiro atoms. The molecule has 1 aliphatic heterocycles. The van der Waals surface area contributed by atoms with Crippen molar-refractivity contribution in [2.45, 2.75) is 38.6 Å². The molecule has 1 amide bonds. The predicted octanol–water partition coefficient (Wildman–Crippen LogP) is 4.48. The molecule has 6 nitrogen and oxygen atoms in total. The predicted molar refractivity (Wildman–Crippen MR) is 112 cm³/mol. The van der Waals surface area contributed by atoms with Crippen molar-refractivity contribution in [2.75, 3.05) is 25.5 Å². The highest BCUT2D eigenvalue weighted by Gasteiger charge is 2.36. The highest BCUT2D eigenvalue weighted by molar-refractivity contribution is 7.07. The minimum Gasteiger partial charge on any atom is -0.495 e. The van der Waals surface area contributed by atoms with E-state index in [0.29, 0.717) is 18.2 Å². The molecule has 0 radical (unpaired) electrons. The van der Waals surface area contributed by atoms with Gasteiger partial charge in [0.1, 0.15) is 17.0 Å². The van der Waals surface area contributed by atoms with Crippen molar-refractivity contribution >= 4 is 22.9 Å². The zero-order valence-electron chi connectivity index (χ0n) is 17.2. The number of alkyl halides is 3. The van der Waals surface area contributed by atoms with E-state index in [1.54, 1.807) is 5.38 Å². The number of likely N-dealkylation sites (tertiary alicyclic amines) is 1. The summed E-state index contributed by atoms with van der Waals surface area (Å²) in [6, 6.07) is 1.41. The molecule has 31 heavy (non-hydrogen) atoms. The van der Waals surface area contributed by atoms with Crippen molar-refractivity contribution in [3.63, 3.8) is 0 Å². The van der Waals surface area contributed by atoms with E-state index in [2.05, 4.69) is 39.7 Å². The zero-order chi connectivity index (χ0) is 22.8. The highest BCUT2D eigenvalue weighted by atomic mass is 32.1. The first-order valence-corrected chi connectivity index (χ1v) is 10.5. The van der Waals surface area contributed by atoms with Crippen molar-refractivity contribution in [3.8, 4) is 23.8 Å². The fourth-order valence-corrected chi connectivity index (χ4v) is 4.25. The standard InChI is InChI=1S/C21H22F3N3O3S/c1-5-14-17(30-21(22,23)24)8-15(26-20(28)16-10-31-11-25-16)18(19(14)29-4)13-6-7-27(9-13)12(2)3/h1,8,10-13H,6-7,9H2,2-4H3,(H,26,28)/t13-/m0/s1. The number of terminal acetylenes is 1. The van der Waals surface area contributed by atoms with Crippen molar-refractivity contribution < 1.29 is 27.4 Å². The monoisotopic (exact) mass is 453 g/mol. The van der Waals surface area contributed by atoms with Gasteiger partial charge in [0.25, 0.3) is 5.91 Å². The zero-order valence-corrected chi connectivity index (χ0v) is 18.1. The number of benzene rings is 1. The Bertz CT molecular complexity index is 984. The Balaban J connectivity index is 2.13. The molecule has 1 aliphatic rings. The average molecular weight is 453 g/mol. The van der Waals surface area contributed by atoms with Gasteiger partial charge in [0.15, 0.2) is 5.75 Å². The first-order valence-electron chi connectivity index (χ1n) is 9.55. The third-order valence-corrected chi connectivity index (χ3v) is 5.72. The van der Waals surface area contributed by atoms with Gasteiger partial charge in [-0.1, -0.05) is 5.92 Å². The van der Waals surface area contributed by atoms with E-state index in [9.17, 15) is 18.0 Å². The molecule has 1 fully saturated rings. The number of methoxy groups -OCH3 is 1. The van der Waals surface area contributed by atoms with Crippen LogP contribution >= 0.6 is 11.3 Å². The molecule has 0 unspecified atom stereocenters. The lowest BCUT2D eigenvalue weighted by Crippen LogP contribution is -2.28. The van der Waals surface area contributed by atoms with E-state index >= 15 is 0 Å². The molecule has 2 aromatic rings. The number of aromatic nitrogens is 1. The number of ether oxygens (including phenoxy) is 2. The second-order valence-corrected chi connectivity index (χ2v) is 8.06. The molecule has 1 saturated heterocycles. The van der Waals surface area contributed by atoms with Crippen LogP contribution < -0.4 is 14.8 Å². The molecule has 166 valence electrons. The van der Waals surface area contributed by atoms with Crippen LogP contribution in [0, 0.1) is 12.3 Å². The third-order valence-electron chi connectivity index (χ3n) is 5.13. The van der Waals surface area contributed by atoms with Crippen LogP contribution in [0.3, 0.4) is 0 Å². The quantitative estimate of drug-likeness (QED) is 0.654. The summed E-state index contributed by atoms with van der Waals surface area (Å²) in [6.45, 7) is 5.59. The van der Waals surface area contributed by atoms with Crippen LogP contribution in [0.25, 0.3) is 0 Å². The molecule has 0 bridgehead atoms. The molecule has 1 aromatic heterocycles. The van der Waals surface area contributed by atoms with Gasteiger partial charge in [-0.15, -0.1) is 30.9 Å². The first kappa shape index (κ1) is 22.9. The number of amides is 1. The summed E-state index contributed by atoms with van der Waals surface area (Å²) in [5.41, 5.74) is 2.21. The van der Waals surface area contributed by atoms with Crippen molar-refractivity contribution in [1.29, 1.82) is 0 Å². The number of thiazole rings is 1. The van der Waals surface area contributed by atoms with E-state index in [1.807, 2.05) is 0 Å². The maximum atomic E-state index is 13.0. The second kappa shape index (κ2) is 9.16. The smallest absolute Gasteiger partial charge is 0.495 e. The third kappa shape index (κ3) is 5.11. The van der Waals surface area contributed by atoms with Gasteiger partial charge in [-0.05, 0) is 26.8 Å². The molecule has 1 atom stereocenters. The van der Waals surface area contributed by atoms with Crippen molar-refractivity contribution in [2.24, 2.45) is 0 Å². The summed E-state index contributed by atoms with van der Waals surface area (Å²) in [5.74, 6) is 1.09. The van der Waals surface area contributed by atoms with Crippen molar-refractivity contribution in [3.05, 3.63) is 33.8 Å². The van der Waals surface area contributed by atoms with Gasteiger partial charge < -0.3 is 19.7 Å². The van der Waals surface area contributed by atoms with Crippen LogP contribution in [0.1, 0.15) is 47.8 Å². The van der Waals surface area contributed by atoms with E-state index in [-0.39, 0.29) is 28.6 Å². The van der Waals surface area contributed by atoms with Crippen LogP contribution in [0.15, 0.2) is 17.0 Å². The van der Waals surface area contributed by atoms with Crippen LogP contribution in [0.5, 0.6) is 11.5 Å². The summed E-state index contributed by atoms with van der Waals surface area (Å²) in [5, 5.41) is 4.22. The summed E-state index contributed by atoms with van der Waals surface area (Å²) in [7, 11) is 1.33. The highest BCUT2D eigenvalue weighted by Crippen LogP contribution is 2.46. The van der Waals surface area contributed by atoms with E-state index < -0.39 is 18.0 Å². The summed E-state index contributed by atoms with van der Waals surface area (Å²) < 4.78 is 48.7. The van der Waals surface area contributed by atoms with Gasteiger partial charge in [-0.2, -0.15) is 0 Å². The molecule has 1 N–H and O–H groups in total. The summed E-state index contributed by atoms with van der Waals surface area (Å²) >= 11 is 1.23. The topological polar surface area (TPSA) is 63.7 Å². The lowest BCUT2D eigenvalue weighted by Gasteiger charge is -2.24. The minimum atomic E-state index is -4.96. The first-order chi connectivity index (χ1) is 14.6. The number of anilines is 1. The fourth-order valence-electron chi connectivity index (χ4n) is 3.72. The Kier molecular flexibility index (Phi) is 6.77. The maximum Gasteiger partial charge on any atom is 0.573 e. The Labute approximate surface area is 182 Å². The Morgan fingerprint density at radius 1 is 1.45 bits per heavy atom. The minimum absolute atomic E-state index is 0.0911. The molecule has 3 rings (SSSR count). The van der Waals surface area contributed by atoms with Crippen LogP contribution in [0.4, 0.5) is 18.9 Å². The number of hydrogen-bond donors (Lipinski definition) is 1.